The van der Waals surface area contributed by atoms with Gasteiger partial charge in [0.15, 0.2) is 0 Å². The highest BCUT2D eigenvalue weighted by Gasteiger charge is 2.55. The van der Waals surface area contributed by atoms with Gasteiger partial charge in [-0.15, -0.1) is 0 Å². The molecule has 0 aromatic heterocycles. The number of fused-ring (bicyclic) bond motifs is 2. The number of hydrogen-bond acceptors (Lipinski definition) is 2. The standard InChI is InChI=1S/C15H24N2O/c1-10-16-15(6-2-3-7-15)14(18)17(10)13-9-11-4-5-12(13)8-11/h10-13,16H,2-9H2,1H3. The summed E-state index contributed by atoms with van der Waals surface area (Å²) in [6.07, 6.45) is 10.3. The zero-order valence-corrected chi connectivity index (χ0v) is 11.3. The average molecular weight is 248 g/mol. The first-order valence-corrected chi connectivity index (χ1v) is 7.80. The van der Waals surface area contributed by atoms with Crippen LogP contribution in [0.2, 0.25) is 0 Å². The van der Waals surface area contributed by atoms with Crippen molar-refractivity contribution in [2.45, 2.75) is 76.0 Å². The van der Waals surface area contributed by atoms with Crippen molar-refractivity contribution in [3.63, 3.8) is 0 Å². The predicted octanol–water partition coefficient (Wildman–Crippen LogP) is 2.27. The topological polar surface area (TPSA) is 32.3 Å². The Hall–Kier alpha value is -0.570. The summed E-state index contributed by atoms with van der Waals surface area (Å²) in [5.74, 6) is 2.16. The van der Waals surface area contributed by atoms with Crippen molar-refractivity contribution in [1.82, 2.24) is 10.2 Å². The van der Waals surface area contributed by atoms with Crippen LogP contribution in [0.4, 0.5) is 0 Å². The Labute approximate surface area is 109 Å². The lowest BCUT2D eigenvalue weighted by Gasteiger charge is -2.34. The summed E-state index contributed by atoms with van der Waals surface area (Å²) in [6.45, 7) is 2.19. The normalized spacial score (nSPS) is 45.6. The van der Waals surface area contributed by atoms with E-state index in [1.54, 1.807) is 0 Å². The van der Waals surface area contributed by atoms with Gasteiger partial charge in [0, 0.05) is 6.04 Å². The Kier molecular flexibility index (Phi) is 2.33. The van der Waals surface area contributed by atoms with Gasteiger partial charge in [-0.2, -0.15) is 0 Å². The Bertz CT molecular complexity index is 375. The van der Waals surface area contributed by atoms with E-state index in [4.69, 9.17) is 0 Å². The van der Waals surface area contributed by atoms with E-state index in [0.717, 1.165) is 24.7 Å². The van der Waals surface area contributed by atoms with Gasteiger partial charge in [0.05, 0.1) is 11.7 Å². The molecule has 3 saturated carbocycles. The lowest BCUT2D eigenvalue weighted by atomic mass is 9.92. The first-order chi connectivity index (χ1) is 8.70. The van der Waals surface area contributed by atoms with E-state index < -0.39 is 0 Å². The van der Waals surface area contributed by atoms with E-state index in [9.17, 15) is 4.79 Å². The van der Waals surface area contributed by atoms with Crippen LogP contribution in [-0.4, -0.2) is 28.6 Å². The molecule has 4 rings (SSSR count). The molecule has 1 saturated heterocycles. The van der Waals surface area contributed by atoms with E-state index in [1.807, 2.05) is 0 Å². The molecule has 18 heavy (non-hydrogen) atoms. The number of hydrogen-bond donors (Lipinski definition) is 1. The van der Waals surface area contributed by atoms with Crippen LogP contribution in [0, 0.1) is 11.8 Å². The van der Waals surface area contributed by atoms with E-state index in [-0.39, 0.29) is 11.7 Å². The van der Waals surface area contributed by atoms with Gasteiger partial charge in [0.1, 0.15) is 0 Å². The molecule has 1 amide bonds. The van der Waals surface area contributed by atoms with Crippen LogP contribution in [0.25, 0.3) is 0 Å². The number of nitrogens with zero attached hydrogens (tertiary/aromatic N) is 1. The Morgan fingerprint density at radius 1 is 1.22 bits per heavy atom. The summed E-state index contributed by atoms with van der Waals surface area (Å²) in [7, 11) is 0. The Balaban J connectivity index is 1.60. The number of carbonyl (C=O) groups excluding carboxylic acids is 1. The maximum absolute atomic E-state index is 12.9. The molecule has 0 aromatic rings. The molecule has 4 unspecified atom stereocenters. The van der Waals surface area contributed by atoms with Crippen molar-refractivity contribution < 1.29 is 4.79 Å². The highest BCUT2D eigenvalue weighted by molar-refractivity contribution is 5.89. The van der Waals surface area contributed by atoms with Crippen molar-refractivity contribution in [3.05, 3.63) is 0 Å². The van der Waals surface area contributed by atoms with Gasteiger partial charge in [0.25, 0.3) is 0 Å². The largest absolute Gasteiger partial charge is 0.323 e. The molecule has 4 aliphatic rings. The van der Waals surface area contributed by atoms with Crippen LogP contribution in [0.5, 0.6) is 0 Å². The third-order valence-electron chi connectivity index (χ3n) is 6.06. The van der Waals surface area contributed by atoms with Crippen molar-refractivity contribution >= 4 is 5.91 Å². The highest BCUT2D eigenvalue weighted by Crippen LogP contribution is 2.49. The monoisotopic (exact) mass is 248 g/mol. The van der Waals surface area contributed by atoms with Crippen molar-refractivity contribution in [1.29, 1.82) is 0 Å². The lowest BCUT2D eigenvalue weighted by Crippen LogP contribution is -2.47. The molecule has 1 N–H and O–H groups in total. The molecular weight excluding hydrogens is 224 g/mol. The van der Waals surface area contributed by atoms with Crippen molar-refractivity contribution in [2.24, 2.45) is 11.8 Å². The maximum Gasteiger partial charge on any atom is 0.244 e. The molecule has 1 spiro atoms. The SMILES string of the molecule is CC1NC2(CCCC2)C(=O)N1C1CC2CCC1C2. The fraction of sp³-hybridized carbons (Fsp3) is 0.933. The summed E-state index contributed by atoms with van der Waals surface area (Å²) < 4.78 is 0. The van der Waals surface area contributed by atoms with Crippen LogP contribution < -0.4 is 5.32 Å². The lowest BCUT2D eigenvalue weighted by molar-refractivity contribution is -0.136. The minimum atomic E-state index is -0.165. The second-order valence-electron chi connectivity index (χ2n) is 7.06. The average Bonchev–Trinajstić information content (AvgIpc) is 3.06. The van der Waals surface area contributed by atoms with Crippen molar-refractivity contribution in [3.8, 4) is 0 Å². The minimum absolute atomic E-state index is 0.165. The first kappa shape index (κ1) is 11.3. The van der Waals surface area contributed by atoms with Gasteiger partial charge in [0.2, 0.25) is 5.91 Å². The molecule has 1 aliphatic heterocycles. The first-order valence-electron chi connectivity index (χ1n) is 7.80. The molecule has 1 heterocycles. The molecule has 0 aromatic carbocycles. The van der Waals surface area contributed by atoms with Crippen LogP contribution in [0.15, 0.2) is 0 Å². The fourth-order valence-corrected chi connectivity index (χ4v) is 5.28. The predicted molar refractivity (Wildman–Crippen MR) is 69.9 cm³/mol. The van der Waals surface area contributed by atoms with Gasteiger partial charge in [-0.3, -0.25) is 10.1 Å². The zero-order chi connectivity index (χ0) is 12.3. The number of carbonyl (C=O) groups is 1. The molecule has 3 heteroatoms. The van der Waals surface area contributed by atoms with E-state index >= 15 is 0 Å². The van der Waals surface area contributed by atoms with Gasteiger partial charge in [-0.1, -0.05) is 19.3 Å². The third kappa shape index (κ3) is 1.37. The van der Waals surface area contributed by atoms with E-state index in [2.05, 4.69) is 17.1 Å². The van der Waals surface area contributed by atoms with E-state index in [0.29, 0.717) is 11.9 Å². The summed E-state index contributed by atoms with van der Waals surface area (Å²) in [4.78, 5) is 15.1. The van der Waals surface area contributed by atoms with Crippen molar-refractivity contribution in [2.75, 3.05) is 0 Å². The molecule has 0 radical (unpaired) electrons. The second kappa shape index (κ2) is 3.72. The fourth-order valence-electron chi connectivity index (χ4n) is 5.28. The molecule has 3 nitrogen and oxygen atoms in total. The molecule has 4 atom stereocenters. The van der Waals surface area contributed by atoms with Crippen LogP contribution in [0.3, 0.4) is 0 Å². The third-order valence-corrected chi connectivity index (χ3v) is 6.06. The van der Waals surface area contributed by atoms with Gasteiger partial charge in [-0.25, -0.2) is 0 Å². The number of amides is 1. The zero-order valence-electron chi connectivity index (χ0n) is 11.3. The van der Waals surface area contributed by atoms with Gasteiger partial charge >= 0.3 is 0 Å². The smallest absolute Gasteiger partial charge is 0.244 e. The molecule has 3 aliphatic carbocycles. The highest BCUT2D eigenvalue weighted by atomic mass is 16.2. The van der Waals surface area contributed by atoms with Gasteiger partial charge in [-0.05, 0) is 50.9 Å². The summed E-state index contributed by atoms with van der Waals surface area (Å²) >= 11 is 0. The Morgan fingerprint density at radius 2 is 2.00 bits per heavy atom. The number of rotatable bonds is 1. The maximum atomic E-state index is 12.9. The molecule has 4 fully saturated rings. The molecular formula is C15H24N2O. The summed E-state index contributed by atoms with van der Waals surface area (Å²) in [5, 5.41) is 3.64. The molecule has 100 valence electrons. The summed E-state index contributed by atoms with van der Waals surface area (Å²) in [6, 6.07) is 0.554. The van der Waals surface area contributed by atoms with Crippen LogP contribution in [0.1, 0.15) is 58.3 Å². The molecule has 2 bridgehead atoms. The second-order valence-corrected chi connectivity index (χ2v) is 7.06. The van der Waals surface area contributed by atoms with E-state index in [1.165, 1.54) is 38.5 Å². The number of nitrogens with one attached hydrogen (secondary N) is 1. The van der Waals surface area contributed by atoms with Gasteiger partial charge < -0.3 is 4.90 Å². The van der Waals surface area contributed by atoms with Crippen LogP contribution >= 0.6 is 0 Å². The van der Waals surface area contributed by atoms with Crippen LogP contribution in [-0.2, 0) is 4.79 Å². The summed E-state index contributed by atoms with van der Waals surface area (Å²) in [5.41, 5.74) is -0.165. The Morgan fingerprint density at radius 3 is 2.61 bits per heavy atom. The minimum Gasteiger partial charge on any atom is -0.323 e. The quantitative estimate of drug-likeness (QED) is 0.772.